The number of Topliss-reactive ketones (excluding diaryl/α,β-unsaturated/α-hetero) is 1. The Labute approximate surface area is 137 Å². The van der Waals surface area contributed by atoms with Crippen molar-refractivity contribution in [3.63, 3.8) is 0 Å². The number of amides is 1. The molecule has 1 saturated heterocycles. The molecule has 0 aromatic carbocycles. The molecule has 1 atom stereocenters. The molecular formula is C17H25N3O3. The van der Waals surface area contributed by atoms with Crippen molar-refractivity contribution in [3.05, 3.63) is 30.1 Å². The van der Waals surface area contributed by atoms with Gasteiger partial charge in [0, 0.05) is 19.3 Å². The highest BCUT2D eigenvalue weighted by atomic mass is 16.6. The third-order valence-electron chi connectivity index (χ3n) is 3.62. The van der Waals surface area contributed by atoms with E-state index >= 15 is 0 Å². The predicted octanol–water partition coefficient (Wildman–Crippen LogP) is 2.11. The van der Waals surface area contributed by atoms with E-state index in [0.717, 1.165) is 19.5 Å². The molecule has 0 spiro atoms. The Morgan fingerprint density at radius 1 is 1.39 bits per heavy atom. The molecular weight excluding hydrogens is 294 g/mol. The molecule has 0 radical (unpaired) electrons. The normalized spacial score (nSPS) is 18.7. The predicted molar refractivity (Wildman–Crippen MR) is 87.4 cm³/mol. The minimum atomic E-state index is -0.485. The van der Waals surface area contributed by atoms with Crippen LogP contribution in [0.3, 0.4) is 0 Å². The number of carbonyl (C=O) groups is 2. The van der Waals surface area contributed by atoms with E-state index in [2.05, 4.69) is 15.2 Å². The van der Waals surface area contributed by atoms with Crippen LogP contribution < -0.4 is 5.32 Å². The number of ether oxygens (including phenoxy) is 1. The summed E-state index contributed by atoms with van der Waals surface area (Å²) in [4.78, 5) is 30.0. The average molecular weight is 319 g/mol. The lowest BCUT2D eigenvalue weighted by Crippen LogP contribution is -2.36. The second kappa shape index (κ2) is 7.55. The molecule has 2 rings (SSSR count). The molecule has 1 fully saturated rings. The lowest BCUT2D eigenvalue weighted by molar-refractivity contribution is 0.0519. The van der Waals surface area contributed by atoms with Crippen molar-refractivity contribution in [3.8, 4) is 0 Å². The van der Waals surface area contributed by atoms with E-state index in [1.807, 2.05) is 26.8 Å². The molecule has 2 heterocycles. The average Bonchev–Trinajstić information content (AvgIpc) is 2.92. The highest BCUT2D eigenvalue weighted by Crippen LogP contribution is 2.16. The van der Waals surface area contributed by atoms with Crippen LogP contribution in [0.25, 0.3) is 0 Å². The van der Waals surface area contributed by atoms with Crippen molar-refractivity contribution in [2.45, 2.75) is 32.8 Å². The fraction of sp³-hybridized carbons (Fsp3) is 0.588. The summed E-state index contributed by atoms with van der Waals surface area (Å²) in [6.07, 6.45) is 2.20. The van der Waals surface area contributed by atoms with Crippen LogP contribution in [-0.4, -0.2) is 53.5 Å². The topological polar surface area (TPSA) is 71.5 Å². The molecule has 6 nitrogen and oxygen atoms in total. The summed E-state index contributed by atoms with van der Waals surface area (Å²) >= 11 is 0. The SMILES string of the molecule is CC(C)(C)OC(=O)NCC1CCN(CC(=O)c2ccccn2)C1. The maximum Gasteiger partial charge on any atom is 0.407 e. The standard InChI is InChI=1S/C17H25N3O3/c1-17(2,3)23-16(22)19-10-13-7-9-20(11-13)12-15(21)14-6-4-5-8-18-14/h4-6,8,13H,7,9-12H2,1-3H3,(H,19,22). The number of aromatic nitrogens is 1. The Bertz CT molecular complexity index is 540. The molecule has 0 saturated carbocycles. The van der Waals surface area contributed by atoms with Gasteiger partial charge in [0.1, 0.15) is 11.3 Å². The van der Waals surface area contributed by atoms with Crippen LogP contribution in [0.5, 0.6) is 0 Å². The van der Waals surface area contributed by atoms with Gasteiger partial charge in [0.05, 0.1) is 6.54 Å². The maximum atomic E-state index is 12.1. The lowest BCUT2D eigenvalue weighted by atomic mass is 10.1. The van der Waals surface area contributed by atoms with Gasteiger partial charge in [-0.1, -0.05) is 6.07 Å². The molecule has 0 bridgehead atoms. The molecule has 1 unspecified atom stereocenters. The Morgan fingerprint density at radius 2 is 2.17 bits per heavy atom. The van der Waals surface area contributed by atoms with Crippen molar-refractivity contribution in [1.29, 1.82) is 0 Å². The number of carbonyl (C=O) groups excluding carboxylic acids is 2. The van der Waals surface area contributed by atoms with Gasteiger partial charge in [-0.05, 0) is 51.8 Å². The summed E-state index contributed by atoms with van der Waals surface area (Å²) in [5.74, 6) is 0.380. The molecule has 0 aliphatic carbocycles. The number of alkyl carbamates (subject to hydrolysis) is 1. The van der Waals surface area contributed by atoms with Gasteiger partial charge in [-0.15, -0.1) is 0 Å². The summed E-state index contributed by atoms with van der Waals surface area (Å²) in [6.45, 7) is 8.13. The first-order valence-electron chi connectivity index (χ1n) is 7.97. The van der Waals surface area contributed by atoms with Crippen LogP contribution in [0.2, 0.25) is 0 Å². The van der Waals surface area contributed by atoms with Crippen molar-refractivity contribution >= 4 is 11.9 Å². The first-order chi connectivity index (χ1) is 10.8. The number of likely N-dealkylation sites (tertiary alicyclic amines) is 1. The van der Waals surface area contributed by atoms with Gasteiger partial charge in [0.2, 0.25) is 0 Å². The second-order valence-electron chi connectivity index (χ2n) is 6.91. The Balaban J connectivity index is 1.72. The highest BCUT2D eigenvalue weighted by Gasteiger charge is 2.25. The van der Waals surface area contributed by atoms with Gasteiger partial charge in [-0.25, -0.2) is 4.79 Å². The van der Waals surface area contributed by atoms with Gasteiger partial charge < -0.3 is 10.1 Å². The van der Waals surface area contributed by atoms with E-state index in [1.54, 1.807) is 18.3 Å². The molecule has 1 N–H and O–H groups in total. The minimum absolute atomic E-state index is 0.0337. The van der Waals surface area contributed by atoms with Crippen LogP contribution in [-0.2, 0) is 4.74 Å². The van der Waals surface area contributed by atoms with Crippen molar-refractivity contribution in [2.24, 2.45) is 5.92 Å². The first-order valence-corrected chi connectivity index (χ1v) is 7.97. The van der Waals surface area contributed by atoms with Crippen LogP contribution in [0.15, 0.2) is 24.4 Å². The molecule has 1 aromatic rings. The Hall–Kier alpha value is -1.95. The molecule has 1 aliphatic heterocycles. The summed E-state index contributed by atoms with van der Waals surface area (Å²) < 4.78 is 5.22. The zero-order chi connectivity index (χ0) is 16.9. The quantitative estimate of drug-likeness (QED) is 0.842. The van der Waals surface area contributed by atoms with E-state index in [1.165, 1.54) is 0 Å². The van der Waals surface area contributed by atoms with Gasteiger partial charge in [0.25, 0.3) is 0 Å². The van der Waals surface area contributed by atoms with E-state index in [4.69, 9.17) is 4.74 Å². The van der Waals surface area contributed by atoms with E-state index in [0.29, 0.717) is 24.7 Å². The molecule has 6 heteroatoms. The Kier molecular flexibility index (Phi) is 5.71. The number of rotatable bonds is 5. The number of nitrogens with zero attached hydrogens (tertiary/aromatic N) is 2. The third-order valence-corrected chi connectivity index (χ3v) is 3.62. The largest absolute Gasteiger partial charge is 0.444 e. The van der Waals surface area contributed by atoms with E-state index in [9.17, 15) is 9.59 Å². The monoisotopic (exact) mass is 319 g/mol. The zero-order valence-corrected chi connectivity index (χ0v) is 14.0. The summed E-state index contributed by atoms with van der Waals surface area (Å²) in [5.41, 5.74) is 0.0174. The van der Waals surface area contributed by atoms with Gasteiger partial charge in [-0.3, -0.25) is 14.7 Å². The molecule has 1 aromatic heterocycles. The fourth-order valence-electron chi connectivity index (χ4n) is 2.58. The number of hydrogen-bond donors (Lipinski definition) is 1. The van der Waals surface area contributed by atoms with Crippen LogP contribution in [0, 0.1) is 5.92 Å². The van der Waals surface area contributed by atoms with Crippen LogP contribution in [0.4, 0.5) is 4.79 Å². The van der Waals surface area contributed by atoms with Crippen molar-refractivity contribution in [2.75, 3.05) is 26.2 Å². The maximum absolute atomic E-state index is 12.1. The summed E-state index contributed by atoms with van der Waals surface area (Å²) in [6, 6.07) is 5.35. The molecule has 23 heavy (non-hydrogen) atoms. The summed E-state index contributed by atoms with van der Waals surface area (Å²) in [5, 5.41) is 2.80. The van der Waals surface area contributed by atoms with Crippen LogP contribution in [0.1, 0.15) is 37.7 Å². The van der Waals surface area contributed by atoms with Gasteiger partial charge in [0.15, 0.2) is 5.78 Å². The number of pyridine rings is 1. The van der Waals surface area contributed by atoms with Crippen molar-refractivity contribution in [1.82, 2.24) is 15.2 Å². The zero-order valence-electron chi connectivity index (χ0n) is 14.0. The highest BCUT2D eigenvalue weighted by molar-refractivity contribution is 5.95. The summed E-state index contributed by atoms with van der Waals surface area (Å²) in [7, 11) is 0. The second-order valence-corrected chi connectivity index (χ2v) is 6.91. The molecule has 1 aliphatic rings. The number of hydrogen-bond acceptors (Lipinski definition) is 5. The first kappa shape index (κ1) is 17.4. The van der Waals surface area contributed by atoms with Crippen LogP contribution >= 0.6 is 0 Å². The fourth-order valence-corrected chi connectivity index (χ4v) is 2.58. The molecule has 126 valence electrons. The number of ketones is 1. The number of nitrogens with one attached hydrogen (secondary N) is 1. The van der Waals surface area contributed by atoms with E-state index in [-0.39, 0.29) is 11.9 Å². The molecule has 1 amide bonds. The smallest absolute Gasteiger partial charge is 0.407 e. The lowest BCUT2D eigenvalue weighted by Gasteiger charge is -2.20. The Morgan fingerprint density at radius 3 is 2.83 bits per heavy atom. The van der Waals surface area contributed by atoms with Crippen molar-refractivity contribution < 1.29 is 14.3 Å². The van der Waals surface area contributed by atoms with Gasteiger partial charge in [-0.2, -0.15) is 0 Å². The third kappa shape index (κ3) is 5.98. The van der Waals surface area contributed by atoms with E-state index < -0.39 is 5.60 Å². The minimum Gasteiger partial charge on any atom is -0.444 e. The van der Waals surface area contributed by atoms with Gasteiger partial charge >= 0.3 is 6.09 Å².